The van der Waals surface area contributed by atoms with Gasteiger partial charge in [-0.2, -0.15) is 4.48 Å². The van der Waals surface area contributed by atoms with E-state index in [0.717, 1.165) is 25.1 Å². The van der Waals surface area contributed by atoms with Crippen LogP contribution in [-0.4, -0.2) is 23.3 Å². The summed E-state index contributed by atoms with van der Waals surface area (Å²) in [4.78, 5) is 17.6. The predicted octanol–water partition coefficient (Wildman–Crippen LogP) is 10.6. The van der Waals surface area contributed by atoms with Crippen molar-refractivity contribution in [2.75, 3.05) is 7.05 Å². The molecule has 1 rings (SSSR count). The Kier molecular flexibility index (Phi) is 20.4. The third kappa shape index (κ3) is 15.7. The maximum Gasteiger partial charge on any atom is 0.324 e. The van der Waals surface area contributed by atoms with Crippen LogP contribution in [0.5, 0.6) is 0 Å². The predicted molar refractivity (Wildman–Crippen MR) is 155 cm³/mol. The van der Waals surface area contributed by atoms with Crippen molar-refractivity contribution in [1.29, 1.82) is 0 Å². The lowest BCUT2D eigenvalue weighted by atomic mass is 10.0. The number of unbranched alkanes of at least 4 members (excludes halogenated alkanes) is 21. The quantitative estimate of drug-likeness (QED) is 0.0926. The van der Waals surface area contributed by atoms with Crippen molar-refractivity contribution in [3.05, 3.63) is 12.4 Å². The number of quaternary nitrogens is 1. The van der Waals surface area contributed by atoms with Crippen LogP contribution < -0.4 is 0 Å². The van der Waals surface area contributed by atoms with E-state index in [9.17, 15) is 4.79 Å². The highest BCUT2D eigenvalue weighted by Crippen LogP contribution is 2.22. The van der Waals surface area contributed by atoms with E-state index in [1.165, 1.54) is 135 Å². The van der Waals surface area contributed by atoms with Gasteiger partial charge in [0.1, 0.15) is 6.20 Å². The zero-order valence-electron chi connectivity index (χ0n) is 24.1. The Morgan fingerprint density at radius 3 is 1.40 bits per heavy atom. The highest BCUT2D eigenvalue weighted by Gasteiger charge is 2.37. The molecule has 1 atom stereocenters. The molecule has 0 saturated heterocycles. The number of hydrogen-bond acceptors (Lipinski definition) is 2. The van der Waals surface area contributed by atoms with Gasteiger partial charge in [-0.1, -0.05) is 149 Å². The molecule has 0 bridgehead atoms. The van der Waals surface area contributed by atoms with Gasteiger partial charge in [0.2, 0.25) is 5.84 Å². The average Bonchev–Trinajstić information content (AvgIpc) is 3.24. The van der Waals surface area contributed by atoms with Crippen LogP contribution in [-0.2, 0) is 4.79 Å². The maximum atomic E-state index is 13.0. The highest BCUT2D eigenvalue weighted by molar-refractivity contribution is 5.90. The Bertz CT molecular complexity index is 568. The van der Waals surface area contributed by atoms with Crippen molar-refractivity contribution < 1.29 is 9.28 Å². The van der Waals surface area contributed by atoms with E-state index < -0.39 is 0 Å². The molecule has 0 aromatic rings. The molecule has 3 nitrogen and oxygen atoms in total. The second-order valence-electron chi connectivity index (χ2n) is 11.2. The molecule has 0 radical (unpaired) electrons. The summed E-state index contributed by atoms with van der Waals surface area (Å²) in [5.74, 6) is 1.38. The molecule has 0 saturated carbocycles. The molecule has 0 N–H and O–H groups in total. The molecule has 1 heterocycles. The molecule has 1 aliphatic rings. The van der Waals surface area contributed by atoms with Crippen molar-refractivity contribution in [2.24, 2.45) is 4.99 Å². The topological polar surface area (TPSA) is 29.4 Å². The standard InChI is InChI=1S/C32H61N2O/c1-4-6-8-10-12-14-15-16-17-18-20-21-23-25-27-31-33-29-30-34(31,3)32(35)28-26-24-22-19-13-11-9-7-5-2/h29-30H,4-28H2,1-3H3/q+1. The minimum Gasteiger partial charge on any atom is -0.230 e. The van der Waals surface area contributed by atoms with E-state index in [1.807, 2.05) is 19.4 Å². The summed E-state index contributed by atoms with van der Waals surface area (Å²) in [7, 11) is 2.04. The monoisotopic (exact) mass is 489 g/mol. The Balaban J connectivity index is 2.01. The van der Waals surface area contributed by atoms with E-state index >= 15 is 0 Å². The van der Waals surface area contributed by atoms with Crippen LogP contribution >= 0.6 is 0 Å². The molecule has 3 heteroatoms. The molecule has 0 fully saturated rings. The molecule has 35 heavy (non-hydrogen) atoms. The fraction of sp³-hybridized carbons (Fsp3) is 0.875. The number of amidine groups is 1. The summed E-state index contributed by atoms with van der Waals surface area (Å²) in [5.41, 5.74) is 0. The van der Waals surface area contributed by atoms with Gasteiger partial charge < -0.3 is 0 Å². The molecule has 0 aliphatic carbocycles. The lowest BCUT2D eigenvalue weighted by Gasteiger charge is -2.25. The molecule has 0 spiro atoms. The number of hydrogen-bond donors (Lipinski definition) is 0. The summed E-state index contributed by atoms with van der Waals surface area (Å²) in [6.45, 7) is 4.56. The summed E-state index contributed by atoms with van der Waals surface area (Å²) in [6, 6.07) is 0. The van der Waals surface area contributed by atoms with Crippen LogP contribution in [0.1, 0.15) is 174 Å². The lowest BCUT2D eigenvalue weighted by Crippen LogP contribution is -2.47. The largest absolute Gasteiger partial charge is 0.324 e. The Hall–Kier alpha value is -0.960. The fourth-order valence-corrected chi connectivity index (χ4v) is 5.28. The second-order valence-corrected chi connectivity index (χ2v) is 11.2. The summed E-state index contributed by atoms with van der Waals surface area (Å²) >= 11 is 0. The minimum absolute atomic E-state index is 0.325. The van der Waals surface area contributed by atoms with Crippen LogP contribution in [0, 0.1) is 0 Å². The second kappa shape index (κ2) is 22.3. The van der Waals surface area contributed by atoms with Crippen LogP contribution in [0.3, 0.4) is 0 Å². The van der Waals surface area contributed by atoms with Crippen LogP contribution in [0.4, 0.5) is 0 Å². The van der Waals surface area contributed by atoms with E-state index in [2.05, 4.69) is 18.8 Å². The SMILES string of the molecule is CCCCCCCCCCCCCCCCC1=NC=C[N+]1(C)C(=O)CCCCCCCCCCC. The normalized spacial score (nSPS) is 17.3. The van der Waals surface area contributed by atoms with Gasteiger partial charge in [-0.15, -0.1) is 0 Å². The number of carbonyl (C=O) groups is 1. The van der Waals surface area contributed by atoms with Gasteiger partial charge in [0, 0.05) is 6.42 Å². The van der Waals surface area contributed by atoms with Gasteiger partial charge in [-0.05, 0) is 12.8 Å². The molecule has 1 amide bonds. The van der Waals surface area contributed by atoms with Gasteiger partial charge in [0.05, 0.1) is 19.7 Å². The molecule has 204 valence electrons. The zero-order valence-corrected chi connectivity index (χ0v) is 24.1. The number of carbonyl (C=O) groups excluding carboxylic acids is 1. The first kappa shape index (κ1) is 32.1. The van der Waals surface area contributed by atoms with Crippen molar-refractivity contribution in [1.82, 2.24) is 0 Å². The van der Waals surface area contributed by atoms with Crippen molar-refractivity contribution in [2.45, 2.75) is 174 Å². The Morgan fingerprint density at radius 1 is 0.600 bits per heavy atom. The van der Waals surface area contributed by atoms with E-state index in [-0.39, 0.29) is 0 Å². The third-order valence-corrected chi connectivity index (χ3v) is 7.89. The minimum atomic E-state index is 0.325. The molecule has 0 aromatic heterocycles. The van der Waals surface area contributed by atoms with E-state index in [4.69, 9.17) is 0 Å². The summed E-state index contributed by atoms with van der Waals surface area (Å²) < 4.78 is 0.329. The molecule has 1 aliphatic heterocycles. The number of aliphatic imine (C=N–C) groups is 1. The van der Waals surface area contributed by atoms with Crippen molar-refractivity contribution in [3.8, 4) is 0 Å². The van der Waals surface area contributed by atoms with Gasteiger partial charge in [-0.3, -0.25) is 0 Å². The van der Waals surface area contributed by atoms with Crippen molar-refractivity contribution >= 4 is 11.7 Å². The van der Waals surface area contributed by atoms with Crippen LogP contribution in [0.25, 0.3) is 0 Å². The zero-order chi connectivity index (χ0) is 25.5. The first-order valence-electron chi connectivity index (χ1n) is 15.8. The van der Waals surface area contributed by atoms with E-state index in [0.29, 0.717) is 16.8 Å². The van der Waals surface area contributed by atoms with E-state index in [1.54, 1.807) is 0 Å². The highest BCUT2D eigenvalue weighted by atomic mass is 16.2. The number of rotatable bonds is 25. The Labute approximate surface area is 219 Å². The van der Waals surface area contributed by atoms with Crippen LogP contribution in [0.15, 0.2) is 17.4 Å². The van der Waals surface area contributed by atoms with Crippen LogP contribution in [0.2, 0.25) is 0 Å². The maximum absolute atomic E-state index is 13.0. The molecule has 0 aromatic carbocycles. The molecular formula is C32H61N2O+. The van der Waals surface area contributed by atoms with Gasteiger partial charge in [0.25, 0.3) is 0 Å². The van der Waals surface area contributed by atoms with Gasteiger partial charge in [-0.25, -0.2) is 9.79 Å². The Morgan fingerprint density at radius 2 is 0.971 bits per heavy atom. The first-order chi connectivity index (χ1) is 17.1. The summed E-state index contributed by atoms with van der Waals surface area (Å²) in [6.07, 6.45) is 36.5. The number of nitrogens with zero attached hydrogens (tertiary/aromatic N) is 2. The van der Waals surface area contributed by atoms with Gasteiger partial charge >= 0.3 is 5.91 Å². The van der Waals surface area contributed by atoms with Crippen molar-refractivity contribution in [3.63, 3.8) is 0 Å². The smallest absolute Gasteiger partial charge is 0.230 e. The number of amides is 1. The lowest BCUT2D eigenvalue weighted by molar-refractivity contribution is -0.683. The first-order valence-corrected chi connectivity index (χ1v) is 15.8. The average molecular weight is 490 g/mol. The molecular weight excluding hydrogens is 428 g/mol. The third-order valence-electron chi connectivity index (χ3n) is 7.89. The summed E-state index contributed by atoms with van der Waals surface area (Å²) in [5, 5.41) is 0. The fourth-order valence-electron chi connectivity index (χ4n) is 5.28. The molecule has 1 unspecified atom stereocenters. The van der Waals surface area contributed by atoms with Gasteiger partial charge in [0.15, 0.2) is 0 Å².